The van der Waals surface area contributed by atoms with Crippen LogP contribution in [0, 0.1) is 0 Å². The van der Waals surface area contributed by atoms with E-state index in [0.29, 0.717) is 19.3 Å². The summed E-state index contributed by atoms with van der Waals surface area (Å²) in [7, 11) is 0. The second-order valence-electron chi connectivity index (χ2n) is 8.27. The lowest BCUT2D eigenvalue weighted by Gasteiger charge is -2.34. The maximum Gasteiger partial charge on any atom is 0.331 e. The molecule has 1 N–H and O–H groups in total. The second kappa shape index (κ2) is 10.4. The summed E-state index contributed by atoms with van der Waals surface area (Å²) in [6.07, 6.45) is 7.37. The Morgan fingerprint density at radius 3 is 2.19 bits per heavy atom. The van der Waals surface area contributed by atoms with Crippen molar-refractivity contribution >= 4 is 12.4 Å². The summed E-state index contributed by atoms with van der Waals surface area (Å²) >= 11 is 0. The molecular weight excluding hydrogens is 390 g/mol. The first-order valence-corrected chi connectivity index (χ1v) is 10.9. The van der Waals surface area contributed by atoms with Gasteiger partial charge in [-0.15, -0.1) is 6.58 Å². The Morgan fingerprint density at radius 1 is 1.06 bits per heavy atom. The molecule has 164 valence electrons. The molecule has 0 spiro atoms. The average molecular weight is 422 g/mol. The zero-order valence-electron chi connectivity index (χ0n) is 18.1. The fourth-order valence-electron chi connectivity index (χ4n) is 4.31. The molecule has 0 unspecified atom stereocenters. The Labute approximate surface area is 184 Å². The van der Waals surface area contributed by atoms with Crippen LogP contribution in [0.4, 0.5) is 0 Å². The van der Waals surface area contributed by atoms with E-state index >= 15 is 0 Å². The van der Waals surface area contributed by atoms with Crippen LogP contribution in [0.3, 0.4) is 0 Å². The maximum absolute atomic E-state index is 12.1. The summed E-state index contributed by atoms with van der Waals surface area (Å²) in [5, 5.41) is 10.9. The highest BCUT2D eigenvalue weighted by Gasteiger charge is 2.41. The monoisotopic (exact) mass is 421 g/mol. The van der Waals surface area contributed by atoms with E-state index in [9.17, 15) is 14.7 Å². The van der Waals surface area contributed by atoms with E-state index in [2.05, 4.69) is 30.8 Å². The third-order valence-electron chi connectivity index (χ3n) is 6.21. The zero-order chi connectivity index (χ0) is 22.3. The minimum absolute atomic E-state index is 0.0493. The maximum atomic E-state index is 12.1. The summed E-state index contributed by atoms with van der Waals surface area (Å²) in [6, 6.07) is 16.3. The van der Waals surface area contributed by atoms with E-state index < -0.39 is 11.5 Å². The zero-order valence-corrected chi connectivity index (χ0v) is 18.1. The van der Waals surface area contributed by atoms with E-state index in [0.717, 1.165) is 53.0 Å². The number of aliphatic carboxylic acids is 1. The molecular formula is C26H31NO4. The number of benzene rings is 2. The molecule has 1 amide bonds. The molecule has 1 aliphatic rings. The van der Waals surface area contributed by atoms with Gasteiger partial charge in [-0.1, -0.05) is 73.9 Å². The van der Waals surface area contributed by atoms with Gasteiger partial charge in [0.2, 0.25) is 6.41 Å². The lowest BCUT2D eigenvalue weighted by atomic mass is 9.93. The Bertz CT molecular complexity index is 880. The molecule has 0 aromatic heterocycles. The van der Waals surface area contributed by atoms with Gasteiger partial charge in [0.25, 0.3) is 0 Å². The number of nitrogens with zero attached hydrogens (tertiary/aromatic N) is 1. The molecule has 0 fully saturated rings. The van der Waals surface area contributed by atoms with Crippen LogP contribution in [0.25, 0.3) is 11.1 Å². The Balaban J connectivity index is 1.70. The number of hydroxylamine groups is 2. The third kappa shape index (κ3) is 4.88. The topological polar surface area (TPSA) is 66.8 Å². The molecule has 0 radical (unpaired) electrons. The molecule has 0 bridgehead atoms. The van der Waals surface area contributed by atoms with E-state index in [1.807, 2.05) is 30.3 Å². The van der Waals surface area contributed by atoms with Crippen molar-refractivity contribution in [3.05, 3.63) is 72.3 Å². The van der Waals surface area contributed by atoms with E-state index in [1.54, 1.807) is 6.92 Å². The number of amides is 1. The number of carbonyl (C=O) groups is 2. The summed E-state index contributed by atoms with van der Waals surface area (Å²) in [6.45, 7) is 5.48. The van der Waals surface area contributed by atoms with Gasteiger partial charge in [0.15, 0.2) is 5.54 Å². The number of fused-ring (bicyclic) bond motifs is 3. The van der Waals surface area contributed by atoms with Crippen molar-refractivity contribution < 1.29 is 19.5 Å². The number of carboxylic acid groups (broad SMARTS) is 1. The summed E-state index contributed by atoms with van der Waals surface area (Å²) in [5.74, 6) is -1.11. The first-order valence-electron chi connectivity index (χ1n) is 10.9. The highest BCUT2D eigenvalue weighted by molar-refractivity contribution is 5.80. The predicted molar refractivity (Wildman–Crippen MR) is 122 cm³/mol. The van der Waals surface area contributed by atoms with Crippen molar-refractivity contribution in [3.63, 3.8) is 0 Å². The SMILES string of the molecule is C=CCCCCCC[C@@](C)(C(=O)O)N(C=O)OCC1c2ccccc2-c2ccccc21. The second-order valence-corrected chi connectivity index (χ2v) is 8.27. The number of carboxylic acids is 1. The van der Waals surface area contributed by atoms with Gasteiger partial charge in [0.05, 0.1) is 6.61 Å². The highest BCUT2D eigenvalue weighted by atomic mass is 16.7. The first kappa shape index (κ1) is 22.8. The van der Waals surface area contributed by atoms with Crippen LogP contribution in [0.15, 0.2) is 61.2 Å². The minimum atomic E-state index is -1.40. The van der Waals surface area contributed by atoms with Crippen LogP contribution < -0.4 is 0 Å². The molecule has 5 nitrogen and oxygen atoms in total. The molecule has 5 heteroatoms. The van der Waals surface area contributed by atoms with Gasteiger partial charge in [0.1, 0.15) is 0 Å². The van der Waals surface area contributed by atoms with E-state index in [4.69, 9.17) is 4.84 Å². The first-order chi connectivity index (χ1) is 15.0. The van der Waals surface area contributed by atoms with Crippen molar-refractivity contribution in [3.8, 4) is 11.1 Å². The summed E-state index contributed by atoms with van der Waals surface area (Å²) in [4.78, 5) is 29.8. The summed E-state index contributed by atoms with van der Waals surface area (Å²) in [5.41, 5.74) is 3.18. The standard InChI is InChI=1S/C26H31NO4/c1-3-4-5-6-7-12-17-26(2,25(29)30)27(19-28)31-18-24-22-15-10-8-13-20(22)21-14-9-11-16-23(21)24/h3,8-11,13-16,19,24H,1,4-7,12,17-18H2,2H3,(H,29,30)/t26-/m0/s1. The van der Waals surface area contributed by atoms with Gasteiger partial charge >= 0.3 is 5.97 Å². The Kier molecular flexibility index (Phi) is 7.64. The Hall–Kier alpha value is -2.92. The minimum Gasteiger partial charge on any atom is -0.479 e. The average Bonchev–Trinajstić information content (AvgIpc) is 3.10. The quantitative estimate of drug-likeness (QED) is 0.199. The number of hydrogen-bond donors (Lipinski definition) is 1. The van der Waals surface area contributed by atoms with Crippen LogP contribution in [0.5, 0.6) is 0 Å². The highest BCUT2D eigenvalue weighted by Crippen LogP contribution is 2.44. The van der Waals surface area contributed by atoms with Gasteiger partial charge in [-0.25, -0.2) is 9.86 Å². The number of allylic oxidation sites excluding steroid dienone is 1. The van der Waals surface area contributed by atoms with Crippen molar-refractivity contribution in [1.82, 2.24) is 5.06 Å². The molecule has 1 aliphatic carbocycles. The molecule has 2 aromatic carbocycles. The van der Waals surface area contributed by atoms with Crippen molar-refractivity contribution in [1.29, 1.82) is 0 Å². The number of rotatable bonds is 13. The van der Waals surface area contributed by atoms with Crippen LogP contribution in [0.1, 0.15) is 62.5 Å². The lowest BCUT2D eigenvalue weighted by molar-refractivity contribution is -0.217. The van der Waals surface area contributed by atoms with Gasteiger partial charge in [-0.05, 0) is 48.4 Å². The van der Waals surface area contributed by atoms with Crippen molar-refractivity contribution in [2.75, 3.05) is 6.61 Å². The lowest BCUT2D eigenvalue weighted by Crippen LogP contribution is -2.52. The van der Waals surface area contributed by atoms with Gasteiger partial charge in [-0.2, -0.15) is 0 Å². The third-order valence-corrected chi connectivity index (χ3v) is 6.21. The number of carbonyl (C=O) groups excluding carboxylic acids is 1. The van der Waals surface area contributed by atoms with Gasteiger partial charge in [-0.3, -0.25) is 9.63 Å². The molecule has 31 heavy (non-hydrogen) atoms. The van der Waals surface area contributed by atoms with E-state index in [-0.39, 0.29) is 12.5 Å². The Morgan fingerprint density at radius 2 is 1.65 bits per heavy atom. The molecule has 3 rings (SSSR count). The largest absolute Gasteiger partial charge is 0.479 e. The van der Waals surface area contributed by atoms with Gasteiger partial charge < -0.3 is 5.11 Å². The van der Waals surface area contributed by atoms with E-state index in [1.165, 1.54) is 0 Å². The predicted octanol–water partition coefficient (Wildman–Crippen LogP) is 5.56. The smallest absolute Gasteiger partial charge is 0.331 e. The fraction of sp³-hybridized carbons (Fsp3) is 0.385. The van der Waals surface area contributed by atoms with Crippen LogP contribution >= 0.6 is 0 Å². The van der Waals surface area contributed by atoms with Crippen LogP contribution in [-0.4, -0.2) is 34.7 Å². The molecule has 0 saturated heterocycles. The van der Waals surface area contributed by atoms with Crippen molar-refractivity contribution in [2.45, 2.75) is 56.9 Å². The van der Waals surface area contributed by atoms with Gasteiger partial charge in [0, 0.05) is 5.92 Å². The molecule has 0 saturated carbocycles. The summed E-state index contributed by atoms with van der Waals surface area (Å²) < 4.78 is 0. The van der Waals surface area contributed by atoms with Crippen molar-refractivity contribution in [2.24, 2.45) is 0 Å². The number of hydrogen-bond acceptors (Lipinski definition) is 3. The molecule has 2 aromatic rings. The molecule has 0 aliphatic heterocycles. The van der Waals surface area contributed by atoms with Crippen LogP contribution in [0.2, 0.25) is 0 Å². The van der Waals surface area contributed by atoms with Crippen LogP contribution in [-0.2, 0) is 14.4 Å². The molecule has 0 heterocycles. The fourth-order valence-corrected chi connectivity index (χ4v) is 4.31. The number of unbranched alkanes of at least 4 members (excludes halogenated alkanes) is 4. The molecule has 1 atom stereocenters. The normalized spacial score (nSPS) is 14.4.